The molecule has 0 N–H and O–H groups in total. The van der Waals surface area contributed by atoms with Gasteiger partial charge in [-0.3, -0.25) is 0 Å². The smallest absolute Gasteiger partial charge is 0.367 e. The first-order valence-electron chi connectivity index (χ1n) is 4.45. The summed E-state index contributed by atoms with van der Waals surface area (Å²) >= 11 is 1.39. The van der Waals surface area contributed by atoms with E-state index in [4.69, 9.17) is 9.57 Å². The minimum absolute atomic E-state index is 0.276. The second-order valence-corrected chi connectivity index (χ2v) is 3.85. The average Bonchev–Trinajstić information content (AvgIpc) is 2.72. The van der Waals surface area contributed by atoms with Crippen molar-refractivity contribution in [2.75, 3.05) is 26.3 Å². The maximum absolute atomic E-state index is 11.5. The molecule has 0 aromatic carbocycles. The van der Waals surface area contributed by atoms with Crippen LogP contribution in [-0.2, 0) is 9.57 Å². The highest BCUT2D eigenvalue weighted by atomic mass is 32.1. The molecule has 1 saturated heterocycles. The first kappa shape index (κ1) is 9.64. The second kappa shape index (κ2) is 4.54. The highest BCUT2D eigenvalue weighted by molar-refractivity contribution is 7.11. The van der Waals surface area contributed by atoms with E-state index in [1.807, 2.05) is 11.4 Å². The molecule has 0 amide bonds. The molecule has 2 heterocycles. The Balaban J connectivity index is 1.87. The summed E-state index contributed by atoms with van der Waals surface area (Å²) in [7, 11) is 0. The molecule has 5 heteroatoms. The van der Waals surface area contributed by atoms with E-state index < -0.39 is 0 Å². The van der Waals surface area contributed by atoms with Crippen LogP contribution in [0, 0.1) is 0 Å². The van der Waals surface area contributed by atoms with Gasteiger partial charge in [0.25, 0.3) is 0 Å². The van der Waals surface area contributed by atoms with Crippen LogP contribution in [0.15, 0.2) is 17.5 Å². The Morgan fingerprint density at radius 3 is 2.93 bits per heavy atom. The highest BCUT2D eigenvalue weighted by Gasteiger charge is 2.16. The zero-order valence-corrected chi connectivity index (χ0v) is 8.46. The summed E-state index contributed by atoms with van der Waals surface area (Å²) in [5.41, 5.74) is 0. The fourth-order valence-electron chi connectivity index (χ4n) is 1.19. The van der Waals surface area contributed by atoms with E-state index in [1.165, 1.54) is 11.3 Å². The molecule has 0 radical (unpaired) electrons. The Morgan fingerprint density at radius 1 is 1.50 bits per heavy atom. The summed E-state index contributed by atoms with van der Waals surface area (Å²) in [6.07, 6.45) is 0. The lowest BCUT2D eigenvalue weighted by Crippen LogP contribution is -2.37. The van der Waals surface area contributed by atoms with Gasteiger partial charge in [0.1, 0.15) is 4.88 Å². The molecule has 1 aromatic rings. The molecule has 1 aromatic heterocycles. The minimum atomic E-state index is -0.276. The van der Waals surface area contributed by atoms with Crippen LogP contribution in [0.5, 0.6) is 0 Å². The maximum atomic E-state index is 11.5. The van der Waals surface area contributed by atoms with Crippen molar-refractivity contribution >= 4 is 17.3 Å². The normalized spacial score (nSPS) is 18.0. The summed E-state index contributed by atoms with van der Waals surface area (Å²) in [4.78, 5) is 17.3. The van der Waals surface area contributed by atoms with Gasteiger partial charge in [-0.2, -0.15) is 0 Å². The SMILES string of the molecule is O=C(ON1CCOCC1)c1cccs1. The maximum Gasteiger partial charge on any atom is 0.367 e. The third-order valence-corrected chi connectivity index (χ3v) is 2.75. The lowest BCUT2D eigenvalue weighted by atomic mass is 10.5. The third kappa shape index (κ3) is 2.31. The number of hydrogen-bond acceptors (Lipinski definition) is 5. The zero-order chi connectivity index (χ0) is 9.80. The fraction of sp³-hybridized carbons (Fsp3) is 0.444. The number of hydroxylamine groups is 2. The highest BCUT2D eigenvalue weighted by Crippen LogP contribution is 2.11. The van der Waals surface area contributed by atoms with Crippen LogP contribution in [0.25, 0.3) is 0 Å². The Bertz CT molecular complexity index is 293. The van der Waals surface area contributed by atoms with Crippen molar-refractivity contribution in [1.29, 1.82) is 0 Å². The van der Waals surface area contributed by atoms with Crippen LogP contribution < -0.4 is 0 Å². The van der Waals surface area contributed by atoms with Gasteiger partial charge in [-0.05, 0) is 11.4 Å². The first-order chi connectivity index (χ1) is 6.86. The number of morpholine rings is 1. The summed E-state index contributed by atoms with van der Waals surface area (Å²) in [6, 6.07) is 3.59. The molecule has 0 atom stereocenters. The topological polar surface area (TPSA) is 38.8 Å². The Morgan fingerprint density at radius 2 is 2.29 bits per heavy atom. The van der Waals surface area contributed by atoms with Crippen molar-refractivity contribution in [2.45, 2.75) is 0 Å². The summed E-state index contributed by atoms with van der Waals surface area (Å²) in [5, 5.41) is 3.50. The summed E-state index contributed by atoms with van der Waals surface area (Å²) in [5.74, 6) is -0.276. The van der Waals surface area contributed by atoms with Crippen molar-refractivity contribution in [1.82, 2.24) is 5.06 Å². The molecule has 1 aliphatic rings. The Hall–Kier alpha value is -0.910. The van der Waals surface area contributed by atoms with Crippen LogP contribution in [-0.4, -0.2) is 37.3 Å². The fourth-order valence-corrected chi connectivity index (χ4v) is 1.79. The Labute approximate surface area is 86.0 Å². The van der Waals surface area contributed by atoms with E-state index in [1.54, 1.807) is 11.1 Å². The molecule has 0 saturated carbocycles. The van der Waals surface area contributed by atoms with Gasteiger partial charge in [-0.1, -0.05) is 6.07 Å². The van der Waals surface area contributed by atoms with Crippen molar-refractivity contribution in [2.24, 2.45) is 0 Å². The molecule has 0 bridgehead atoms. The number of carbonyl (C=O) groups is 1. The van der Waals surface area contributed by atoms with Crippen LogP contribution >= 0.6 is 11.3 Å². The van der Waals surface area contributed by atoms with Gasteiger partial charge in [0, 0.05) is 0 Å². The van der Waals surface area contributed by atoms with E-state index >= 15 is 0 Å². The average molecular weight is 213 g/mol. The molecule has 14 heavy (non-hydrogen) atoms. The van der Waals surface area contributed by atoms with Crippen molar-refractivity contribution < 1.29 is 14.4 Å². The van der Waals surface area contributed by atoms with Crippen molar-refractivity contribution in [3.8, 4) is 0 Å². The van der Waals surface area contributed by atoms with Gasteiger partial charge in [0.05, 0.1) is 26.3 Å². The van der Waals surface area contributed by atoms with Crippen LogP contribution in [0.1, 0.15) is 9.67 Å². The van der Waals surface area contributed by atoms with Crippen molar-refractivity contribution in [3.05, 3.63) is 22.4 Å². The quantitative estimate of drug-likeness (QED) is 0.738. The van der Waals surface area contributed by atoms with Crippen molar-refractivity contribution in [3.63, 3.8) is 0 Å². The van der Waals surface area contributed by atoms with E-state index in [0.29, 0.717) is 31.2 Å². The molecule has 1 aliphatic heterocycles. The predicted molar refractivity (Wildman–Crippen MR) is 52.1 cm³/mol. The lowest BCUT2D eigenvalue weighted by Gasteiger charge is -2.24. The molecular formula is C9H11NO3S. The third-order valence-electron chi connectivity index (χ3n) is 1.90. The van der Waals surface area contributed by atoms with Crippen LogP contribution in [0.2, 0.25) is 0 Å². The molecule has 2 rings (SSSR count). The van der Waals surface area contributed by atoms with Gasteiger partial charge in [0.15, 0.2) is 0 Å². The monoisotopic (exact) mass is 213 g/mol. The number of rotatable bonds is 2. The molecule has 76 valence electrons. The van der Waals surface area contributed by atoms with Crippen LogP contribution in [0.3, 0.4) is 0 Å². The van der Waals surface area contributed by atoms with E-state index in [9.17, 15) is 4.79 Å². The zero-order valence-electron chi connectivity index (χ0n) is 7.64. The molecule has 1 fully saturated rings. The molecule has 0 unspecified atom stereocenters. The lowest BCUT2D eigenvalue weighted by molar-refractivity contribution is -0.150. The Kier molecular flexibility index (Phi) is 3.13. The minimum Gasteiger partial charge on any atom is -0.379 e. The van der Waals surface area contributed by atoms with E-state index in [-0.39, 0.29) is 5.97 Å². The standard InChI is InChI=1S/C9H11NO3S/c11-9(8-2-1-7-14-8)13-10-3-5-12-6-4-10/h1-2,7H,3-6H2. The number of thiophene rings is 1. The predicted octanol–water partition coefficient (Wildman–Crippen LogP) is 1.15. The molecule has 4 nitrogen and oxygen atoms in total. The number of carbonyl (C=O) groups excluding carboxylic acids is 1. The van der Waals surface area contributed by atoms with Gasteiger partial charge >= 0.3 is 5.97 Å². The van der Waals surface area contributed by atoms with Gasteiger partial charge in [0.2, 0.25) is 0 Å². The molecule has 0 aliphatic carbocycles. The summed E-state index contributed by atoms with van der Waals surface area (Å²) < 4.78 is 5.14. The number of ether oxygens (including phenoxy) is 1. The number of hydrogen-bond donors (Lipinski definition) is 0. The van der Waals surface area contributed by atoms with E-state index in [2.05, 4.69) is 0 Å². The van der Waals surface area contributed by atoms with Gasteiger partial charge in [-0.25, -0.2) is 4.79 Å². The van der Waals surface area contributed by atoms with Gasteiger partial charge < -0.3 is 9.57 Å². The number of nitrogens with zero attached hydrogens (tertiary/aromatic N) is 1. The van der Waals surface area contributed by atoms with Crippen LogP contribution in [0.4, 0.5) is 0 Å². The molecule has 0 spiro atoms. The summed E-state index contributed by atoms with van der Waals surface area (Å²) in [6.45, 7) is 2.55. The van der Waals surface area contributed by atoms with E-state index in [0.717, 1.165) is 0 Å². The van der Waals surface area contributed by atoms with Gasteiger partial charge in [-0.15, -0.1) is 16.4 Å². The molecular weight excluding hydrogens is 202 g/mol. The largest absolute Gasteiger partial charge is 0.379 e. The first-order valence-corrected chi connectivity index (χ1v) is 5.33. The second-order valence-electron chi connectivity index (χ2n) is 2.90.